The molecule has 0 bridgehead atoms. The van der Waals surface area contributed by atoms with Crippen molar-refractivity contribution in [1.82, 2.24) is 5.32 Å². The minimum Gasteiger partial charge on any atom is -0.484 e. The second-order valence-corrected chi connectivity index (χ2v) is 3.97. The van der Waals surface area contributed by atoms with E-state index in [1.807, 2.05) is 12.1 Å². The Kier molecular flexibility index (Phi) is 4.63. The SMILES string of the molecule is CNC(C#N)COc1c(C)cc(C)cc1[N+](=O)[O-]. The molecular weight excluding hydrogens is 234 g/mol. The van der Waals surface area contributed by atoms with Crippen molar-refractivity contribution in [3.8, 4) is 11.8 Å². The van der Waals surface area contributed by atoms with Crippen molar-refractivity contribution >= 4 is 5.69 Å². The second-order valence-electron chi connectivity index (χ2n) is 3.97. The van der Waals surface area contributed by atoms with Gasteiger partial charge in [0.2, 0.25) is 0 Å². The zero-order valence-corrected chi connectivity index (χ0v) is 10.6. The molecule has 0 spiro atoms. The highest BCUT2D eigenvalue weighted by Gasteiger charge is 2.19. The number of nitro benzene ring substituents is 1. The van der Waals surface area contributed by atoms with Gasteiger partial charge in [0.25, 0.3) is 0 Å². The van der Waals surface area contributed by atoms with E-state index in [-0.39, 0.29) is 18.0 Å². The van der Waals surface area contributed by atoms with Gasteiger partial charge in [0.15, 0.2) is 5.75 Å². The number of rotatable bonds is 5. The smallest absolute Gasteiger partial charge is 0.311 e. The average Bonchev–Trinajstić information content (AvgIpc) is 2.31. The number of benzene rings is 1. The van der Waals surface area contributed by atoms with Crippen molar-refractivity contribution in [2.24, 2.45) is 0 Å². The van der Waals surface area contributed by atoms with Gasteiger partial charge in [-0.2, -0.15) is 5.26 Å². The Bertz CT molecular complexity index is 494. The number of aryl methyl sites for hydroxylation is 2. The molecule has 0 saturated heterocycles. The van der Waals surface area contributed by atoms with Crippen molar-refractivity contribution < 1.29 is 9.66 Å². The standard InChI is InChI=1S/C12H15N3O3/c1-8-4-9(2)12(11(5-8)15(16)17)18-7-10(6-13)14-3/h4-5,10,14H,7H2,1-3H3. The Morgan fingerprint density at radius 3 is 2.72 bits per heavy atom. The topological polar surface area (TPSA) is 88.2 Å². The van der Waals surface area contributed by atoms with E-state index in [0.717, 1.165) is 5.56 Å². The second kappa shape index (κ2) is 5.98. The number of ether oxygens (including phenoxy) is 1. The fourth-order valence-corrected chi connectivity index (χ4v) is 1.61. The third kappa shape index (κ3) is 3.18. The molecule has 0 aromatic heterocycles. The summed E-state index contributed by atoms with van der Waals surface area (Å²) in [6, 6.07) is 4.77. The maximum atomic E-state index is 11.0. The predicted octanol–water partition coefficient (Wildman–Crippen LogP) is 1.70. The molecule has 1 aromatic rings. The predicted molar refractivity (Wildman–Crippen MR) is 66.5 cm³/mol. The molecule has 6 nitrogen and oxygen atoms in total. The normalized spacial score (nSPS) is 11.7. The number of nitro groups is 1. The van der Waals surface area contributed by atoms with Gasteiger partial charge < -0.3 is 10.1 Å². The first-order chi connectivity index (χ1) is 8.49. The van der Waals surface area contributed by atoms with E-state index in [1.165, 1.54) is 6.07 Å². The molecule has 1 N–H and O–H groups in total. The molecule has 18 heavy (non-hydrogen) atoms. The maximum Gasteiger partial charge on any atom is 0.311 e. The van der Waals surface area contributed by atoms with Crippen LogP contribution in [-0.2, 0) is 0 Å². The summed E-state index contributed by atoms with van der Waals surface area (Å²) in [5, 5.41) is 22.5. The lowest BCUT2D eigenvalue weighted by molar-refractivity contribution is -0.386. The van der Waals surface area contributed by atoms with Crippen molar-refractivity contribution in [2.45, 2.75) is 19.9 Å². The van der Waals surface area contributed by atoms with E-state index >= 15 is 0 Å². The average molecular weight is 249 g/mol. The molecule has 0 amide bonds. The molecule has 1 unspecified atom stereocenters. The van der Waals surface area contributed by atoms with Gasteiger partial charge in [-0.05, 0) is 32.0 Å². The Hall–Kier alpha value is -2.13. The molecule has 0 aliphatic heterocycles. The van der Waals surface area contributed by atoms with E-state index in [4.69, 9.17) is 10.00 Å². The Morgan fingerprint density at radius 1 is 1.56 bits per heavy atom. The third-order valence-corrected chi connectivity index (χ3v) is 2.49. The van der Waals surface area contributed by atoms with Gasteiger partial charge in [-0.15, -0.1) is 0 Å². The number of nitrogens with zero attached hydrogens (tertiary/aromatic N) is 2. The molecule has 0 aliphatic rings. The molecule has 96 valence electrons. The van der Waals surface area contributed by atoms with Gasteiger partial charge in [0, 0.05) is 6.07 Å². The maximum absolute atomic E-state index is 11.0. The largest absolute Gasteiger partial charge is 0.484 e. The fraction of sp³-hybridized carbons (Fsp3) is 0.417. The van der Waals surface area contributed by atoms with Crippen molar-refractivity contribution in [1.29, 1.82) is 5.26 Å². The van der Waals surface area contributed by atoms with Gasteiger partial charge in [0.1, 0.15) is 12.6 Å². The van der Waals surface area contributed by atoms with E-state index in [0.29, 0.717) is 5.56 Å². The van der Waals surface area contributed by atoms with Crippen molar-refractivity contribution in [2.75, 3.05) is 13.7 Å². The molecule has 0 radical (unpaired) electrons. The van der Waals surface area contributed by atoms with Gasteiger partial charge in [0.05, 0.1) is 11.0 Å². The number of hydrogen-bond acceptors (Lipinski definition) is 5. The van der Waals surface area contributed by atoms with Crippen LogP contribution in [0.15, 0.2) is 12.1 Å². The van der Waals surface area contributed by atoms with Crippen LogP contribution >= 0.6 is 0 Å². The number of hydrogen-bond donors (Lipinski definition) is 1. The van der Waals surface area contributed by atoms with Crippen molar-refractivity contribution in [3.05, 3.63) is 33.4 Å². The molecule has 1 atom stereocenters. The third-order valence-electron chi connectivity index (χ3n) is 2.49. The van der Waals surface area contributed by atoms with E-state index < -0.39 is 11.0 Å². The van der Waals surface area contributed by atoms with Crippen LogP contribution in [0.5, 0.6) is 5.75 Å². The van der Waals surface area contributed by atoms with Gasteiger partial charge in [-0.25, -0.2) is 0 Å². The van der Waals surface area contributed by atoms with Crippen LogP contribution in [0.1, 0.15) is 11.1 Å². The minimum atomic E-state index is -0.495. The monoisotopic (exact) mass is 249 g/mol. The summed E-state index contributed by atoms with van der Waals surface area (Å²) in [6.45, 7) is 3.60. The van der Waals surface area contributed by atoms with Crippen LogP contribution < -0.4 is 10.1 Å². The van der Waals surface area contributed by atoms with Gasteiger partial charge in [-0.1, -0.05) is 6.07 Å². The number of nitriles is 1. The zero-order valence-electron chi connectivity index (χ0n) is 10.6. The first-order valence-corrected chi connectivity index (χ1v) is 5.45. The van der Waals surface area contributed by atoms with E-state index in [2.05, 4.69) is 5.32 Å². The summed E-state index contributed by atoms with van der Waals surface area (Å²) in [5.41, 5.74) is 1.42. The van der Waals surface area contributed by atoms with E-state index in [1.54, 1.807) is 20.9 Å². The van der Waals surface area contributed by atoms with Crippen LogP contribution in [0.4, 0.5) is 5.69 Å². The van der Waals surface area contributed by atoms with Crippen LogP contribution in [-0.4, -0.2) is 24.6 Å². The Labute approximate surface area is 105 Å². The highest BCUT2D eigenvalue weighted by atomic mass is 16.6. The van der Waals surface area contributed by atoms with Crippen LogP contribution in [0.2, 0.25) is 0 Å². The summed E-state index contributed by atoms with van der Waals surface area (Å²) in [7, 11) is 1.63. The number of nitrogens with one attached hydrogen (secondary N) is 1. The van der Waals surface area contributed by atoms with Crippen LogP contribution in [0.25, 0.3) is 0 Å². The quantitative estimate of drug-likeness (QED) is 0.633. The summed E-state index contributed by atoms with van der Waals surface area (Å²) >= 11 is 0. The summed E-state index contributed by atoms with van der Waals surface area (Å²) < 4.78 is 5.40. The summed E-state index contributed by atoms with van der Waals surface area (Å²) in [6.07, 6.45) is 0. The molecule has 0 heterocycles. The highest BCUT2D eigenvalue weighted by Crippen LogP contribution is 2.32. The van der Waals surface area contributed by atoms with Gasteiger partial charge >= 0.3 is 5.69 Å². The Morgan fingerprint density at radius 2 is 2.22 bits per heavy atom. The highest BCUT2D eigenvalue weighted by molar-refractivity contribution is 5.53. The molecule has 1 rings (SSSR count). The molecule has 0 fully saturated rings. The van der Waals surface area contributed by atoms with Crippen LogP contribution in [0.3, 0.4) is 0 Å². The molecular formula is C12H15N3O3. The first kappa shape index (κ1) is 13.9. The summed E-state index contributed by atoms with van der Waals surface area (Å²) in [5.74, 6) is 0.223. The molecule has 0 saturated carbocycles. The molecule has 1 aromatic carbocycles. The Balaban J connectivity index is 3.01. The summed E-state index contributed by atoms with van der Waals surface area (Å²) in [4.78, 5) is 10.5. The zero-order chi connectivity index (χ0) is 13.7. The number of likely N-dealkylation sites (N-methyl/N-ethyl adjacent to an activating group) is 1. The molecule has 0 aliphatic carbocycles. The van der Waals surface area contributed by atoms with E-state index in [9.17, 15) is 10.1 Å². The lowest BCUT2D eigenvalue weighted by atomic mass is 10.1. The van der Waals surface area contributed by atoms with Gasteiger partial charge in [-0.3, -0.25) is 10.1 Å². The lowest BCUT2D eigenvalue weighted by Crippen LogP contribution is -2.30. The molecule has 6 heteroatoms. The first-order valence-electron chi connectivity index (χ1n) is 5.45. The van der Waals surface area contributed by atoms with Crippen molar-refractivity contribution in [3.63, 3.8) is 0 Å². The fourth-order valence-electron chi connectivity index (χ4n) is 1.61. The minimum absolute atomic E-state index is 0.0672. The van der Waals surface area contributed by atoms with Crippen LogP contribution in [0, 0.1) is 35.3 Å². The lowest BCUT2D eigenvalue weighted by Gasteiger charge is -2.12.